The van der Waals surface area contributed by atoms with Gasteiger partial charge in [-0.05, 0) is 42.0 Å². The minimum atomic E-state index is -0.685. The van der Waals surface area contributed by atoms with Crippen LogP contribution in [-0.2, 0) is 4.79 Å². The molecule has 0 spiro atoms. The number of carbonyl (C=O) groups is 2. The average Bonchev–Trinajstić information content (AvgIpc) is 2.65. The zero-order valence-electron chi connectivity index (χ0n) is 14.9. The van der Waals surface area contributed by atoms with E-state index in [0.717, 1.165) is 15.8 Å². The molecule has 27 heavy (non-hydrogen) atoms. The lowest BCUT2D eigenvalue weighted by Gasteiger charge is -2.18. The Morgan fingerprint density at radius 2 is 1.85 bits per heavy atom. The third-order valence-corrected chi connectivity index (χ3v) is 4.20. The van der Waals surface area contributed by atoms with E-state index in [1.54, 1.807) is 31.4 Å². The molecule has 0 saturated carbocycles. The van der Waals surface area contributed by atoms with Gasteiger partial charge in [0.15, 0.2) is 0 Å². The van der Waals surface area contributed by atoms with E-state index in [2.05, 4.69) is 26.6 Å². The Hall–Kier alpha value is -2.74. The number of urea groups is 1. The fourth-order valence-corrected chi connectivity index (χ4v) is 2.85. The summed E-state index contributed by atoms with van der Waals surface area (Å²) in [6.07, 6.45) is 0.0714. The molecule has 0 radical (unpaired) electrons. The molecular formula is C19H22BrN3O4. The van der Waals surface area contributed by atoms with Gasteiger partial charge in [0, 0.05) is 4.47 Å². The number of carbonyl (C=O) groups excluding carboxylic acids is 2. The molecule has 144 valence electrons. The number of ether oxygens (including phenoxy) is 2. The molecule has 0 heterocycles. The summed E-state index contributed by atoms with van der Waals surface area (Å²) in [5.41, 5.74) is 6.01. The van der Waals surface area contributed by atoms with Gasteiger partial charge in [-0.15, -0.1) is 0 Å². The summed E-state index contributed by atoms with van der Waals surface area (Å²) in [5.74, 6) is 1.22. The number of hydrogen-bond donors (Lipinski definition) is 3. The topological polar surface area (TPSA) is 103 Å². The molecule has 0 bridgehead atoms. The molecule has 2 rings (SSSR count). The van der Waals surface area contributed by atoms with E-state index in [0.29, 0.717) is 18.9 Å². The number of nitrogens with one attached hydrogen (secondary N) is 2. The maximum Gasteiger partial charge on any atom is 0.312 e. The summed E-state index contributed by atoms with van der Waals surface area (Å²) < 4.78 is 11.5. The molecule has 3 amide bonds. The first-order valence-electron chi connectivity index (χ1n) is 8.33. The summed E-state index contributed by atoms with van der Waals surface area (Å²) >= 11 is 3.38. The third-order valence-electron chi connectivity index (χ3n) is 3.71. The highest BCUT2D eigenvalue weighted by Gasteiger charge is 2.17. The Kier molecular flexibility index (Phi) is 7.94. The van der Waals surface area contributed by atoms with Crippen LogP contribution in [0, 0.1) is 0 Å². The van der Waals surface area contributed by atoms with Crippen LogP contribution in [0.3, 0.4) is 0 Å². The Bertz CT molecular complexity index is 768. The third kappa shape index (κ3) is 7.18. The van der Waals surface area contributed by atoms with Gasteiger partial charge in [-0.1, -0.05) is 28.1 Å². The SMILES string of the molecule is COc1ccc(OCCNC(=O)C[C@@H](NC(N)=O)c2cccc(Br)c2)cc1. The van der Waals surface area contributed by atoms with Crippen LogP contribution in [0.15, 0.2) is 53.0 Å². The van der Waals surface area contributed by atoms with E-state index in [4.69, 9.17) is 15.2 Å². The van der Waals surface area contributed by atoms with Gasteiger partial charge in [-0.2, -0.15) is 0 Å². The first kappa shape index (κ1) is 20.6. The van der Waals surface area contributed by atoms with Crippen LogP contribution in [0.5, 0.6) is 11.5 Å². The minimum absolute atomic E-state index is 0.0714. The van der Waals surface area contributed by atoms with Crippen LogP contribution in [-0.4, -0.2) is 32.2 Å². The van der Waals surface area contributed by atoms with E-state index in [1.165, 1.54) is 0 Å². The molecule has 0 aliphatic rings. The summed E-state index contributed by atoms with van der Waals surface area (Å²) in [5, 5.41) is 5.37. The van der Waals surface area contributed by atoms with Crippen molar-refractivity contribution in [2.75, 3.05) is 20.3 Å². The Morgan fingerprint density at radius 1 is 1.15 bits per heavy atom. The lowest BCUT2D eigenvalue weighted by Crippen LogP contribution is -2.37. The molecule has 8 heteroatoms. The number of nitrogens with two attached hydrogens (primary N) is 1. The predicted molar refractivity (Wildman–Crippen MR) is 106 cm³/mol. The number of amides is 3. The van der Waals surface area contributed by atoms with Crippen molar-refractivity contribution >= 4 is 27.9 Å². The molecule has 0 fully saturated rings. The van der Waals surface area contributed by atoms with Gasteiger partial charge in [0.25, 0.3) is 0 Å². The highest BCUT2D eigenvalue weighted by Crippen LogP contribution is 2.21. The number of benzene rings is 2. The van der Waals surface area contributed by atoms with Crippen LogP contribution in [0.4, 0.5) is 4.79 Å². The van der Waals surface area contributed by atoms with Crippen molar-refractivity contribution in [2.24, 2.45) is 5.73 Å². The Morgan fingerprint density at radius 3 is 2.48 bits per heavy atom. The largest absolute Gasteiger partial charge is 0.497 e. The lowest BCUT2D eigenvalue weighted by atomic mass is 10.0. The summed E-state index contributed by atoms with van der Waals surface area (Å²) in [6, 6.07) is 13.3. The number of halogens is 1. The number of methoxy groups -OCH3 is 1. The molecule has 0 aliphatic carbocycles. The van der Waals surface area contributed by atoms with Gasteiger partial charge in [0.05, 0.1) is 26.1 Å². The van der Waals surface area contributed by atoms with Gasteiger partial charge >= 0.3 is 6.03 Å². The van der Waals surface area contributed by atoms with Crippen molar-refractivity contribution in [2.45, 2.75) is 12.5 Å². The molecule has 0 aliphatic heterocycles. The summed E-state index contributed by atoms with van der Waals surface area (Å²) in [7, 11) is 1.60. The molecular weight excluding hydrogens is 414 g/mol. The zero-order chi connectivity index (χ0) is 19.6. The molecule has 1 atom stereocenters. The Labute approximate surface area is 166 Å². The average molecular weight is 436 g/mol. The van der Waals surface area contributed by atoms with Crippen molar-refractivity contribution in [3.63, 3.8) is 0 Å². The summed E-state index contributed by atoms with van der Waals surface area (Å²) in [4.78, 5) is 23.5. The normalized spacial score (nSPS) is 11.3. The standard InChI is InChI=1S/C19H22BrN3O4/c1-26-15-5-7-16(8-6-15)27-10-9-22-18(24)12-17(23-19(21)25)13-3-2-4-14(20)11-13/h2-8,11,17H,9-10,12H2,1H3,(H,22,24)(H3,21,23,25)/t17-/m1/s1. The van der Waals surface area contributed by atoms with E-state index in [9.17, 15) is 9.59 Å². The van der Waals surface area contributed by atoms with Gasteiger partial charge in [-0.25, -0.2) is 4.79 Å². The fraction of sp³-hybridized carbons (Fsp3) is 0.263. The maximum absolute atomic E-state index is 12.2. The van der Waals surface area contributed by atoms with Gasteiger partial charge in [-0.3, -0.25) is 4.79 Å². The van der Waals surface area contributed by atoms with Gasteiger partial charge in [0.1, 0.15) is 18.1 Å². The molecule has 7 nitrogen and oxygen atoms in total. The quantitative estimate of drug-likeness (QED) is 0.526. The second-order valence-electron chi connectivity index (χ2n) is 5.69. The van der Waals surface area contributed by atoms with Crippen LogP contribution in [0.2, 0.25) is 0 Å². The molecule has 4 N–H and O–H groups in total. The van der Waals surface area contributed by atoms with E-state index >= 15 is 0 Å². The molecule has 2 aromatic rings. The van der Waals surface area contributed by atoms with Gasteiger partial charge in [0.2, 0.25) is 5.91 Å². The van der Waals surface area contributed by atoms with Crippen molar-refractivity contribution < 1.29 is 19.1 Å². The van der Waals surface area contributed by atoms with Crippen molar-refractivity contribution in [3.05, 3.63) is 58.6 Å². The van der Waals surface area contributed by atoms with E-state index < -0.39 is 12.1 Å². The van der Waals surface area contributed by atoms with E-state index in [1.807, 2.05) is 24.3 Å². The summed E-state index contributed by atoms with van der Waals surface area (Å²) in [6.45, 7) is 0.662. The van der Waals surface area contributed by atoms with Crippen LogP contribution in [0.25, 0.3) is 0 Å². The first-order chi connectivity index (χ1) is 13.0. The zero-order valence-corrected chi connectivity index (χ0v) is 16.5. The fourth-order valence-electron chi connectivity index (χ4n) is 2.44. The highest BCUT2D eigenvalue weighted by atomic mass is 79.9. The highest BCUT2D eigenvalue weighted by molar-refractivity contribution is 9.10. The molecule has 0 aromatic heterocycles. The van der Waals surface area contributed by atoms with Crippen LogP contribution >= 0.6 is 15.9 Å². The van der Waals surface area contributed by atoms with Gasteiger partial charge < -0.3 is 25.8 Å². The maximum atomic E-state index is 12.2. The Balaban J connectivity index is 1.81. The number of primary amides is 1. The smallest absolute Gasteiger partial charge is 0.312 e. The monoisotopic (exact) mass is 435 g/mol. The molecule has 0 saturated heterocycles. The van der Waals surface area contributed by atoms with Crippen molar-refractivity contribution in [1.29, 1.82) is 0 Å². The first-order valence-corrected chi connectivity index (χ1v) is 9.12. The molecule has 0 unspecified atom stereocenters. The second kappa shape index (κ2) is 10.4. The number of rotatable bonds is 9. The van der Waals surface area contributed by atoms with Crippen molar-refractivity contribution in [1.82, 2.24) is 10.6 Å². The molecule has 2 aromatic carbocycles. The van der Waals surface area contributed by atoms with E-state index in [-0.39, 0.29) is 12.3 Å². The minimum Gasteiger partial charge on any atom is -0.497 e. The van der Waals surface area contributed by atoms with Crippen molar-refractivity contribution in [3.8, 4) is 11.5 Å². The second-order valence-corrected chi connectivity index (χ2v) is 6.61. The predicted octanol–water partition coefficient (Wildman–Crippen LogP) is 2.75. The van der Waals surface area contributed by atoms with Crippen LogP contribution < -0.4 is 25.8 Å². The van der Waals surface area contributed by atoms with Crippen LogP contribution in [0.1, 0.15) is 18.0 Å². The lowest BCUT2D eigenvalue weighted by molar-refractivity contribution is -0.121. The number of hydrogen-bond acceptors (Lipinski definition) is 4.